The quantitative estimate of drug-likeness (QED) is 0.326. The predicted octanol–water partition coefficient (Wildman–Crippen LogP) is -0.944. The fourth-order valence-electron chi connectivity index (χ4n) is 0.505. The molecule has 0 spiro atoms. The number of rotatable bonds is 5. The lowest BCUT2D eigenvalue weighted by molar-refractivity contribution is -0.140. The monoisotopic (exact) mass is 181 g/mol. The Morgan fingerprint density at radius 1 is 1.55 bits per heavy atom. The van der Waals surface area contributed by atoms with Gasteiger partial charge < -0.3 is 4.74 Å². The van der Waals surface area contributed by atoms with Crippen molar-refractivity contribution in [2.24, 2.45) is 0 Å². The van der Waals surface area contributed by atoms with Crippen molar-refractivity contribution in [2.45, 2.75) is 12.8 Å². The number of hydrogen-bond acceptors (Lipinski definition) is 4. The summed E-state index contributed by atoms with van der Waals surface area (Å²) in [5, 5.41) is 0. The van der Waals surface area contributed by atoms with E-state index in [1.807, 2.05) is 0 Å². The van der Waals surface area contributed by atoms with Crippen LogP contribution in [0.3, 0.4) is 0 Å². The van der Waals surface area contributed by atoms with Crippen molar-refractivity contribution in [3.63, 3.8) is 0 Å². The molecule has 0 aromatic heterocycles. The van der Waals surface area contributed by atoms with Gasteiger partial charge in [-0.2, -0.15) is 0 Å². The largest absolute Gasteiger partial charge is 0.469 e. The van der Waals surface area contributed by atoms with Crippen LogP contribution in [0.2, 0.25) is 0 Å². The van der Waals surface area contributed by atoms with Gasteiger partial charge in [0.05, 0.1) is 7.11 Å². The zero-order valence-corrected chi connectivity index (χ0v) is 7.10. The van der Waals surface area contributed by atoms with Crippen molar-refractivity contribution < 1.29 is 17.9 Å². The minimum Gasteiger partial charge on any atom is -0.469 e. The molecule has 0 aliphatic carbocycles. The van der Waals surface area contributed by atoms with Gasteiger partial charge in [-0.3, -0.25) is 4.79 Å². The van der Waals surface area contributed by atoms with Gasteiger partial charge in [-0.25, -0.2) is 13.1 Å². The molecular formula is C5H11NO4S. The van der Waals surface area contributed by atoms with Gasteiger partial charge in [0.1, 0.15) is 0 Å². The minimum absolute atomic E-state index is 0.243. The lowest BCUT2D eigenvalue weighted by Gasteiger charge is -1.96. The molecule has 11 heavy (non-hydrogen) atoms. The Kier molecular flexibility index (Phi) is 5.77. The fourth-order valence-corrected chi connectivity index (χ4v) is 0.846. The van der Waals surface area contributed by atoms with Crippen molar-refractivity contribution in [1.82, 2.24) is 4.72 Å². The first-order valence-corrected chi connectivity index (χ1v) is 4.29. The van der Waals surface area contributed by atoms with Crippen molar-refractivity contribution in [3.8, 4) is 0 Å². The molecule has 0 saturated heterocycles. The highest BCUT2D eigenvalue weighted by Crippen LogP contribution is 1.88. The number of thiol groups is 1. The summed E-state index contributed by atoms with van der Waals surface area (Å²) in [4.78, 5) is 10.5. The van der Waals surface area contributed by atoms with Crippen LogP contribution in [0.15, 0.2) is 0 Å². The van der Waals surface area contributed by atoms with Crippen molar-refractivity contribution in [2.75, 3.05) is 13.7 Å². The normalized spacial score (nSPS) is 10.0. The van der Waals surface area contributed by atoms with E-state index in [0.29, 0.717) is 6.42 Å². The fraction of sp³-hybridized carbons (Fsp3) is 0.800. The first kappa shape index (κ1) is 10.4. The average Bonchev–Trinajstić information content (AvgIpc) is 1.97. The number of carbonyl (C=O) groups is 1. The van der Waals surface area contributed by atoms with Crippen LogP contribution in [-0.2, 0) is 20.4 Å². The van der Waals surface area contributed by atoms with Gasteiger partial charge in [-0.1, -0.05) is 0 Å². The zero-order valence-electron chi connectivity index (χ0n) is 6.20. The van der Waals surface area contributed by atoms with Gasteiger partial charge in [-0.05, 0) is 6.42 Å². The van der Waals surface area contributed by atoms with Crippen LogP contribution in [0.4, 0.5) is 0 Å². The Morgan fingerprint density at radius 3 is 2.64 bits per heavy atom. The Labute approximate surface area is 66.8 Å². The van der Waals surface area contributed by atoms with Crippen LogP contribution in [0.1, 0.15) is 12.8 Å². The number of carbonyl (C=O) groups excluding carboxylic acids is 1. The second-order valence-corrected chi connectivity index (χ2v) is 2.68. The molecule has 0 aromatic rings. The van der Waals surface area contributed by atoms with Crippen molar-refractivity contribution in [3.05, 3.63) is 0 Å². The van der Waals surface area contributed by atoms with Gasteiger partial charge in [0.2, 0.25) is 10.9 Å². The molecule has 6 heteroatoms. The summed E-state index contributed by atoms with van der Waals surface area (Å²) in [6.07, 6.45) is 0.711. The molecule has 0 radical (unpaired) electrons. The average molecular weight is 181 g/mol. The van der Waals surface area contributed by atoms with Gasteiger partial charge in [0.25, 0.3) is 0 Å². The lowest BCUT2D eigenvalue weighted by atomic mass is 10.3. The van der Waals surface area contributed by atoms with Crippen LogP contribution in [-0.4, -0.2) is 28.0 Å². The van der Waals surface area contributed by atoms with Gasteiger partial charge >= 0.3 is 5.97 Å². The second-order valence-electron chi connectivity index (χ2n) is 1.84. The molecule has 0 heterocycles. The molecule has 0 unspecified atom stereocenters. The van der Waals surface area contributed by atoms with E-state index < -0.39 is 10.9 Å². The summed E-state index contributed by atoms with van der Waals surface area (Å²) in [5.41, 5.74) is 0. The third-order valence-corrected chi connectivity index (χ3v) is 1.51. The SMILES string of the molecule is COC(=O)CCCN[SH](=O)=O. The molecule has 0 aliphatic rings. The molecular weight excluding hydrogens is 170 g/mol. The van der Waals surface area contributed by atoms with Crippen LogP contribution in [0.25, 0.3) is 0 Å². The molecule has 1 N–H and O–H groups in total. The molecule has 0 aromatic carbocycles. The third kappa shape index (κ3) is 7.27. The van der Waals surface area contributed by atoms with Crippen LogP contribution >= 0.6 is 0 Å². The molecule has 0 saturated carbocycles. The third-order valence-electron chi connectivity index (χ3n) is 1.03. The maximum atomic E-state index is 10.5. The summed E-state index contributed by atoms with van der Waals surface area (Å²) >= 11 is 0. The number of ether oxygens (including phenoxy) is 1. The van der Waals surface area contributed by atoms with E-state index in [1.165, 1.54) is 7.11 Å². The van der Waals surface area contributed by atoms with E-state index in [4.69, 9.17) is 0 Å². The summed E-state index contributed by atoms with van der Waals surface area (Å²) in [7, 11) is -1.24. The highest BCUT2D eigenvalue weighted by Gasteiger charge is 1.97. The zero-order chi connectivity index (χ0) is 8.69. The van der Waals surface area contributed by atoms with E-state index in [0.717, 1.165) is 0 Å². The predicted molar refractivity (Wildman–Crippen MR) is 39.6 cm³/mol. The number of esters is 1. The van der Waals surface area contributed by atoms with Crippen molar-refractivity contribution >= 4 is 16.9 Å². The van der Waals surface area contributed by atoms with Crippen LogP contribution in [0.5, 0.6) is 0 Å². The van der Waals surface area contributed by atoms with Gasteiger partial charge in [0.15, 0.2) is 0 Å². The standard InChI is InChI=1S/C5H11NO4S/c1-10-5(7)3-2-4-6-11(8)9/h11H,2-4H2,1H3,(H,6,8,9). The maximum Gasteiger partial charge on any atom is 0.305 e. The first-order valence-electron chi connectivity index (χ1n) is 3.11. The second kappa shape index (κ2) is 6.11. The molecule has 0 bridgehead atoms. The highest BCUT2D eigenvalue weighted by atomic mass is 32.2. The summed E-state index contributed by atoms with van der Waals surface area (Å²) in [6.45, 7) is 0.286. The van der Waals surface area contributed by atoms with Crippen LogP contribution in [0, 0.1) is 0 Å². The van der Waals surface area contributed by atoms with E-state index in [9.17, 15) is 13.2 Å². The Morgan fingerprint density at radius 2 is 2.18 bits per heavy atom. The highest BCUT2D eigenvalue weighted by molar-refractivity contribution is 7.70. The van der Waals surface area contributed by atoms with Gasteiger partial charge in [-0.15, -0.1) is 0 Å². The molecule has 0 rings (SSSR count). The Hall–Kier alpha value is -0.620. The van der Waals surface area contributed by atoms with E-state index in [1.54, 1.807) is 0 Å². The minimum atomic E-state index is -2.54. The number of methoxy groups -OCH3 is 1. The molecule has 0 atom stereocenters. The summed E-state index contributed by atoms with van der Waals surface area (Å²) < 4.78 is 26.4. The van der Waals surface area contributed by atoms with E-state index >= 15 is 0 Å². The van der Waals surface area contributed by atoms with E-state index in [2.05, 4.69) is 9.46 Å². The molecule has 0 fully saturated rings. The number of nitrogens with one attached hydrogen (secondary N) is 1. The smallest absolute Gasteiger partial charge is 0.305 e. The molecule has 5 nitrogen and oxygen atoms in total. The van der Waals surface area contributed by atoms with Crippen LogP contribution < -0.4 is 4.72 Å². The maximum absolute atomic E-state index is 10.5. The summed E-state index contributed by atoms with van der Waals surface area (Å²) in [6, 6.07) is 0. The summed E-state index contributed by atoms with van der Waals surface area (Å²) in [5.74, 6) is -0.326. The number of hydrogen-bond donors (Lipinski definition) is 2. The van der Waals surface area contributed by atoms with Crippen molar-refractivity contribution in [1.29, 1.82) is 0 Å². The Bertz CT molecular complexity index is 181. The Balaban J connectivity index is 3.21. The topological polar surface area (TPSA) is 72.5 Å². The van der Waals surface area contributed by atoms with E-state index in [-0.39, 0.29) is 18.9 Å². The van der Waals surface area contributed by atoms with Gasteiger partial charge in [0, 0.05) is 13.0 Å². The molecule has 0 amide bonds. The first-order chi connectivity index (χ1) is 5.16. The molecule has 0 aliphatic heterocycles. The lowest BCUT2D eigenvalue weighted by Crippen LogP contribution is -2.14. The molecule has 66 valence electrons.